The maximum Gasteiger partial charge on any atom is 0.410 e. The summed E-state index contributed by atoms with van der Waals surface area (Å²) >= 11 is 5.99. The van der Waals surface area contributed by atoms with Crippen LogP contribution in [0.5, 0.6) is 17.2 Å². The quantitative estimate of drug-likeness (QED) is 0.519. The predicted molar refractivity (Wildman–Crippen MR) is 117 cm³/mol. The van der Waals surface area contributed by atoms with Crippen molar-refractivity contribution in [2.75, 3.05) is 24.5 Å². The molecule has 0 bridgehead atoms. The summed E-state index contributed by atoms with van der Waals surface area (Å²) in [5, 5.41) is 9.96. The predicted octanol–water partition coefficient (Wildman–Crippen LogP) is 5.19. The zero-order chi connectivity index (χ0) is 24.0. The Morgan fingerprint density at radius 1 is 1.21 bits per heavy atom. The van der Waals surface area contributed by atoms with E-state index in [4.69, 9.17) is 25.8 Å². The molecule has 5 rings (SSSR count). The molecule has 0 radical (unpaired) electrons. The molecule has 2 atom stereocenters. The van der Waals surface area contributed by atoms with Gasteiger partial charge in [0.1, 0.15) is 11.6 Å². The SMILES string of the molecule is COc1ccc(Cl)cc1NC(=O)c1cc2n(n1)[C@@H](C(F)(F)F)C[C@@H](c1ccc3c(c1)OCO3)N2. The monoisotopic (exact) mass is 494 g/mol. The molecule has 2 aliphatic rings. The van der Waals surface area contributed by atoms with Crippen LogP contribution in [0.15, 0.2) is 42.5 Å². The highest BCUT2D eigenvalue weighted by Crippen LogP contribution is 2.45. The number of amides is 1. The highest BCUT2D eigenvalue weighted by atomic mass is 35.5. The molecule has 0 spiro atoms. The lowest BCUT2D eigenvalue weighted by Crippen LogP contribution is -2.35. The lowest BCUT2D eigenvalue weighted by atomic mass is 9.96. The van der Waals surface area contributed by atoms with Gasteiger partial charge >= 0.3 is 6.18 Å². The van der Waals surface area contributed by atoms with Crippen LogP contribution in [0.3, 0.4) is 0 Å². The molecule has 3 heterocycles. The number of rotatable bonds is 4. The fourth-order valence-corrected chi connectivity index (χ4v) is 4.17. The minimum absolute atomic E-state index is 0.0602. The van der Waals surface area contributed by atoms with E-state index in [-0.39, 0.29) is 30.4 Å². The van der Waals surface area contributed by atoms with E-state index in [1.807, 2.05) is 0 Å². The van der Waals surface area contributed by atoms with Gasteiger partial charge in [0.25, 0.3) is 5.91 Å². The molecule has 0 aliphatic carbocycles. The van der Waals surface area contributed by atoms with Crippen molar-refractivity contribution < 1.29 is 32.2 Å². The second kappa shape index (κ2) is 8.32. The lowest BCUT2D eigenvalue weighted by Gasteiger charge is -2.33. The van der Waals surface area contributed by atoms with Crippen molar-refractivity contribution in [3.63, 3.8) is 0 Å². The normalized spacial score (nSPS) is 18.7. The van der Waals surface area contributed by atoms with E-state index < -0.39 is 24.2 Å². The summed E-state index contributed by atoms with van der Waals surface area (Å²) in [5.41, 5.74) is 0.676. The molecule has 8 nitrogen and oxygen atoms in total. The third kappa shape index (κ3) is 4.07. The molecule has 0 saturated carbocycles. The van der Waals surface area contributed by atoms with Crippen LogP contribution in [0.2, 0.25) is 5.02 Å². The number of nitrogens with zero attached hydrogens (tertiary/aromatic N) is 2. The van der Waals surface area contributed by atoms with Crippen LogP contribution in [0.4, 0.5) is 24.7 Å². The van der Waals surface area contributed by atoms with Crippen molar-refractivity contribution in [3.05, 3.63) is 58.7 Å². The number of halogens is 4. The summed E-state index contributed by atoms with van der Waals surface area (Å²) < 4.78 is 58.5. The highest BCUT2D eigenvalue weighted by molar-refractivity contribution is 6.31. The standard InChI is InChI=1S/C22H18ClF3N4O4/c1-32-16-5-3-12(23)7-14(16)28-21(31)15-9-20-27-13(8-19(22(24,25)26)30(20)29-15)11-2-4-17-18(6-11)34-10-33-17/h2-7,9,13,19,27H,8,10H2,1H3,(H,28,31)/t13-,19+/m0/s1. The van der Waals surface area contributed by atoms with Crippen molar-refractivity contribution >= 4 is 29.0 Å². The van der Waals surface area contributed by atoms with E-state index in [0.29, 0.717) is 27.8 Å². The first kappa shape index (κ1) is 22.2. The fourth-order valence-electron chi connectivity index (χ4n) is 4.00. The van der Waals surface area contributed by atoms with Crippen molar-refractivity contribution in [1.29, 1.82) is 0 Å². The number of fused-ring (bicyclic) bond motifs is 2. The van der Waals surface area contributed by atoms with Gasteiger partial charge in [-0.1, -0.05) is 17.7 Å². The molecule has 2 aromatic carbocycles. The summed E-state index contributed by atoms with van der Waals surface area (Å²) in [6.07, 6.45) is -4.90. The van der Waals surface area contributed by atoms with Gasteiger partial charge in [-0.15, -0.1) is 0 Å². The number of ether oxygens (including phenoxy) is 3. The number of methoxy groups -OCH3 is 1. The van der Waals surface area contributed by atoms with E-state index in [2.05, 4.69) is 15.7 Å². The Labute approximate surface area is 196 Å². The molecule has 12 heteroatoms. The zero-order valence-electron chi connectivity index (χ0n) is 17.6. The van der Waals surface area contributed by atoms with E-state index >= 15 is 0 Å². The molecule has 34 heavy (non-hydrogen) atoms. The second-order valence-electron chi connectivity index (χ2n) is 7.76. The maximum atomic E-state index is 14.0. The van der Waals surface area contributed by atoms with Crippen LogP contribution in [0, 0.1) is 0 Å². The number of hydrogen-bond donors (Lipinski definition) is 2. The fraction of sp³-hybridized carbons (Fsp3) is 0.273. The zero-order valence-corrected chi connectivity index (χ0v) is 18.4. The van der Waals surface area contributed by atoms with Gasteiger partial charge in [0, 0.05) is 17.5 Å². The van der Waals surface area contributed by atoms with Crippen molar-refractivity contribution in [2.24, 2.45) is 0 Å². The number of benzene rings is 2. The summed E-state index contributed by atoms with van der Waals surface area (Å²) in [6, 6.07) is 8.28. The van der Waals surface area contributed by atoms with Crippen LogP contribution >= 0.6 is 11.6 Å². The van der Waals surface area contributed by atoms with Gasteiger partial charge < -0.3 is 24.8 Å². The van der Waals surface area contributed by atoms with Gasteiger partial charge in [0.2, 0.25) is 6.79 Å². The van der Waals surface area contributed by atoms with E-state index in [9.17, 15) is 18.0 Å². The first-order valence-corrected chi connectivity index (χ1v) is 10.6. The van der Waals surface area contributed by atoms with Gasteiger partial charge in [-0.3, -0.25) is 4.79 Å². The van der Waals surface area contributed by atoms with Gasteiger partial charge in [-0.2, -0.15) is 18.3 Å². The number of alkyl halides is 3. The van der Waals surface area contributed by atoms with Crippen LogP contribution in [-0.2, 0) is 0 Å². The molecular weight excluding hydrogens is 477 g/mol. The Morgan fingerprint density at radius 2 is 2.00 bits per heavy atom. The summed E-state index contributed by atoms with van der Waals surface area (Å²) in [5.74, 6) is 0.713. The molecule has 2 N–H and O–H groups in total. The van der Waals surface area contributed by atoms with Crippen LogP contribution in [0.25, 0.3) is 0 Å². The molecule has 0 saturated heterocycles. The average molecular weight is 495 g/mol. The smallest absolute Gasteiger partial charge is 0.410 e. The van der Waals surface area contributed by atoms with Crippen molar-refractivity contribution in [2.45, 2.75) is 24.7 Å². The van der Waals surface area contributed by atoms with Gasteiger partial charge in [0.15, 0.2) is 23.2 Å². The number of carbonyl (C=O) groups is 1. The van der Waals surface area contributed by atoms with Crippen LogP contribution in [0.1, 0.15) is 34.6 Å². The van der Waals surface area contributed by atoms with Crippen molar-refractivity contribution in [3.8, 4) is 17.2 Å². The second-order valence-corrected chi connectivity index (χ2v) is 8.20. The first-order chi connectivity index (χ1) is 16.2. The summed E-state index contributed by atoms with van der Waals surface area (Å²) in [6.45, 7) is 0.0602. The van der Waals surface area contributed by atoms with Gasteiger partial charge in [-0.25, -0.2) is 4.68 Å². The number of anilines is 2. The largest absolute Gasteiger partial charge is 0.495 e. The molecule has 3 aromatic rings. The topological polar surface area (TPSA) is 86.6 Å². The molecule has 0 unspecified atom stereocenters. The van der Waals surface area contributed by atoms with E-state index in [0.717, 1.165) is 4.68 Å². The maximum absolute atomic E-state index is 14.0. The van der Waals surface area contributed by atoms with Crippen LogP contribution in [-0.4, -0.2) is 35.8 Å². The molecule has 1 aromatic heterocycles. The van der Waals surface area contributed by atoms with E-state index in [1.165, 1.54) is 19.2 Å². The summed E-state index contributed by atoms with van der Waals surface area (Å²) in [7, 11) is 1.42. The van der Waals surface area contributed by atoms with Crippen molar-refractivity contribution in [1.82, 2.24) is 9.78 Å². The Balaban J connectivity index is 1.45. The Morgan fingerprint density at radius 3 is 2.76 bits per heavy atom. The molecular formula is C22H18ClF3N4O4. The Bertz CT molecular complexity index is 1260. The molecule has 0 fully saturated rings. The number of nitrogens with one attached hydrogen (secondary N) is 2. The minimum Gasteiger partial charge on any atom is -0.495 e. The number of aromatic nitrogens is 2. The molecule has 178 valence electrons. The van der Waals surface area contributed by atoms with Crippen LogP contribution < -0.4 is 24.8 Å². The third-order valence-electron chi connectivity index (χ3n) is 5.63. The average Bonchev–Trinajstić information content (AvgIpc) is 3.44. The minimum atomic E-state index is -4.58. The Kier molecular flexibility index (Phi) is 5.43. The Hall–Kier alpha value is -3.60. The third-order valence-corrected chi connectivity index (χ3v) is 5.87. The molecule has 1 amide bonds. The lowest BCUT2D eigenvalue weighted by molar-refractivity contribution is -0.173. The van der Waals surface area contributed by atoms with Gasteiger partial charge in [0.05, 0.1) is 18.8 Å². The number of carbonyl (C=O) groups excluding carboxylic acids is 1. The first-order valence-electron chi connectivity index (χ1n) is 10.2. The molecule has 2 aliphatic heterocycles. The highest BCUT2D eigenvalue weighted by Gasteiger charge is 2.47. The van der Waals surface area contributed by atoms with E-state index in [1.54, 1.807) is 30.3 Å². The summed E-state index contributed by atoms with van der Waals surface area (Å²) in [4.78, 5) is 12.8. The number of hydrogen-bond acceptors (Lipinski definition) is 6. The van der Waals surface area contributed by atoms with Gasteiger partial charge in [-0.05, 0) is 35.9 Å².